The second-order valence-electron chi connectivity index (χ2n) is 6.75. The maximum Gasteiger partial charge on any atom is 0.155 e. The van der Waals surface area contributed by atoms with Gasteiger partial charge in [0.05, 0.1) is 18.3 Å². The molecule has 1 heterocycles. The van der Waals surface area contributed by atoms with Crippen LogP contribution in [0.1, 0.15) is 37.7 Å². The molecule has 1 aliphatic carbocycles. The summed E-state index contributed by atoms with van der Waals surface area (Å²) in [6.07, 6.45) is 3.00. The number of benzene rings is 1. The fourth-order valence-electron chi connectivity index (χ4n) is 4.04. The topological polar surface area (TPSA) is 69.9 Å². The molecule has 3 unspecified atom stereocenters. The van der Waals surface area contributed by atoms with E-state index in [1.807, 2.05) is 18.2 Å². The average molecular weight is 306 g/mol. The van der Waals surface area contributed by atoms with Gasteiger partial charge in [0.15, 0.2) is 6.29 Å². The van der Waals surface area contributed by atoms with Crippen LogP contribution in [0.3, 0.4) is 0 Å². The molecule has 1 aromatic rings. The van der Waals surface area contributed by atoms with Gasteiger partial charge in [0.25, 0.3) is 0 Å². The molecular weight excluding hydrogens is 280 g/mol. The van der Waals surface area contributed by atoms with Gasteiger partial charge in [-0.3, -0.25) is 0 Å². The van der Waals surface area contributed by atoms with E-state index in [9.17, 15) is 15.3 Å². The molecule has 4 nitrogen and oxygen atoms in total. The highest BCUT2D eigenvalue weighted by Crippen LogP contribution is 2.44. The van der Waals surface area contributed by atoms with Crippen molar-refractivity contribution in [2.75, 3.05) is 0 Å². The van der Waals surface area contributed by atoms with Crippen molar-refractivity contribution in [2.24, 2.45) is 11.8 Å². The van der Waals surface area contributed by atoms with E-state index in [1.165, 1.54) is 5.56 Å². The third-order valence-electron chi connectivity index (χ3n) is 5.24. The second-order valence-corrected chi connectivity index (χ2v) is 6.75. The summed E-state index contributed by atoms with van der Waals surface area (Å²) < 4.78 is 5.43. The van der Waals surface area contributed by atoms with Crippen LogP contribution in [0.2, 0.25) is 0 Å². The third-order valence-corrected chi connectivity index (χ3v) is 5.24. The molecule has 1 saturated carbocycles. The Kier molecular flexibility index (Phi) is 5.14. The summed E-state index contributed by atoms with van der Waals surface area (Å²) in [5.41, 5.74) is 1.25. The Balaban J connectivity index is 1.43. The maximum absolute atomic E-state index is 10.2. The predicted octanol–water partition coefficient (Wildman–Crippen LogP) is 1.86. The summed E-state index contributed by atoms with van der Waals surface area (Å²) in [7, 11) is 0. The van der Waals surface area contributed by atoms with Crippen LogP contribution in [0.4, 0.5) is 0 Å². The number of hydrogen-bond acceptors (Lipinski definition) is 4. The molecule has 2 fully saturated rings. The van der Waals surface area contributed by atoms with Crippen LogP contribution in [0.5, 0.6) is 0 Å². The Morgan fingerprint density at radius 3 is 2.64 bits per heavy atom. The molecule has 0 spiro atoms. The highest BCUT2D eigenvalue weighted by Gasteiger charge is 2.48. The summed E-state index contributed by atoms with van der Waals surface area (Å²) in [4.78, 5) is 0. The number of ether oxygens (including phenoxy) is 1. The van der Waals surface area contributed by atoms with Crippen molar-refractivity contribution < 1.29 is 20.1 Å². The highest BCUT2D eigenvalue weighted by atomic mass is 16.6. The molecular formula is C18H26O4. The lowest BCUT2D eigenvalue weighted by Gasteiger charge is -2.21. The Morgan fingerprint density at radius 2 is 1.86 bits per heavy atom. The van der Waals surface area contributed by atoms with E-state index in [1.54, 1.807) is 0 Å². The molecule has 4 heteroatoms. The number of aryl methyl sites for hydroxylation is 1. The minimum atomic E-state index is -0.673. The van der Waals surface area contributed by atoms with E-state index >= 15 is 0 Å². The van der Waals surface area contributed by atoms with Crippen molar-refractivity contribution in [3.8, 4) is 0 Å². The summed E-state index contributed by atoms with van der Waals surface area (Å²) in [6.45, 7) is 0. The van der Waals surface area contributed by atoms with Gasteiger partial charge in [0.1, 0.15) is 0 Å². The summed E-state index contributed by atoms with van der Waals surface area (Å²) in [5.74, 6) is 0.389. The summed E-state index contributed by atoms with van der Waals surface area (Å²) in [5, 5.41) is 29.9. The summed E-state index contributed by atoms with van der Waals surface area (Å²) in [6, 6.07) is 10.2. The quantitative estimate of drug-likeness (QED) is 0.750. The Morgan fingerprint density at radius 1 is 1.09 bits per heavy atom. The third kappa shape index (κ3) is 3.69. The van der Waals surface area contributed by atoms with E-state index in [4.69, 9.17) is 4.74 Å². The molecule has 1 saturated heterocycles. The van der Waals surface area contributed by atoms with Gasteiger partial charge in [0, 0.05) is 12.8 Å². The predicted molar refractivity (Wildman–Crippen MR) is 83.1 cm³/mol. The molecule has 0 aromatic heterocycles. The molecule has 0 bridgehead atoms. The van der Waals surface area contributed by atoms with Gasteiger partial charge in [-0.15, -0.1) is 0 Å². The molecule has 1 aliphatic heterocycles. The van der Waals surface area contributed by atoms with Gasteiger partial charge in [-0.1, -0.05) is 30.3 Å². The average Bonchev–Trinajstić information content (AvgIpc) is 2.99. The first-order valence-electron chi connectivity index (χ1n) is 8.37. The minimum absolute atomic E-state index is 0.00328. The van der Waals surface area contributed by atoms with E-state index in [-0.39, 0.29) is 30.1 Å². The number of aliphatic hydroxyl groups is 3. The zero-order valence-corrected chi connectivity index (χ0v) is 12.8. The van der Waals surface area contributed by atoms with Crippen LogP contribution >= 0.6 is 0 Å². The molecule has 1 aromatic carbocycles. The first-order valence-corrected chi connectivity index (χ1v) is 8.37. The first kappa shape index (κ1) is 15.9. The van der Waals surface area contributed by atoms with E-state index < -0.39 is 6.29 Å². The van der Waals surface area contributed by atoms with Crippen molar-refractivity contribution in [1.29, 1.82) is 0 Å². The Labute approximate surface area is 131 Å². The Hall–Kier alpha value is -0.940. The molecule has 3 rings (SSSR count). The van der Waals surface area contributed by atoms with Gasteiger partial charge in [-0.2, -0.15) is 0 Å². The minimum Gasteiger partial charge on any atom is -0.393 e. The van der Waals surface area contributed by atoms with Crippen LogP contribution in [-0.4, -0.2) is 39.9 Å². The highest BCUT2D eigenvalue weighted by molar-refractivity contribution is 5.14. The number of fused-ring (bicyclic) bond motifs is 1. The van der Waals surface area contributed by atoms with Crippen molar-refractivity contribution >= 4 is 0 Å². The molecule has 0 radical (unpaired) electrons. The van der Waals surface area contributed by atoms with Crippen molar-refractivity contribution in [2.45, 2.75) is 63.1 Å². The van der Waals surface area contributed by atoms with Gasteiger partial charge in [0.2, 0.25) is 0 Å². The monoisotopic (exact) mass is 306 g/mol. The number of hydrogen-bond donors (Lipinski definition) is 3. The molecule has 3 N–H and O–H groups in total. The molecule has 2 aliphatic rings. The smallest absolute Gasteiger partial charge is 0.155 e. The standard InChI is InChI=1S/C18H26O4/c19-13(7-6-12-4-2-1-3-5-12)8-9-14-15-10-18(21)22-17(15)11-16(14)20/h1-5,13-21H,6-11H2/t13-,14+,15?,16+,17?,18?/m0/s1. The first-order chi connectivity index (χ1) is 10.6. The van der Waals surface area contributed by atoms with Crippen molar-refractivity contribution in [3.05, 3.63) is 35.9 Å². The number of rotatable bonds is 6. The lowest BCUT2D eigenvalue weighted by atomic mass is 9.86. The fraction of sp³-hybridized carbons (Fsp3) is 0.667. The zero-order chi connectivity index (χ0) is 15.5. The van der Waals surface area contributed by atoms with Gasteiger partial charge in [-0.25, -0.2) is 0 Å². The summed E-state index contributed by atoms with van der Waals surface area (Å²) >= 11 is 0. The second kappa shape index (κ2) is 7.09. The molecule has 0 amide bonds. The normalized spacial score (nSPS) is 35.5. The Bertz CT molecular complexity index is 463. The maximum atomic E-state index is 10.2. The van der Waals surface area contributed by atoms with E-state index in [0.29, 0.717) is 19.3 Å². The lowest BCUT2D eigenvalue weighted by Crippen LogP contribution is -2.22. The van der Waals surface area contributed by atoms with Gasteiger partial charge >= 0.3 is 0 Å². The van der Waals surface area contributed by atoms with Crippen molar-refractivity contribution in [1.82, 2.24) is 0 Å². The van der Waals surface area contributed by atoms with Crippen molar-refractivity contribution in [3.63, 3.8) is 0 Å². The lowest BCUT2D eigenvalue weighted by molar-refractivity contribution is -0.0951. The van der Waals surface area contributed by atoms with Crippen LogP contribution in [0.15, 0.2) is 30.3 Å². The largest absolute Gasteiger partial charge is 0.393 e. The zero-order valence-electron chi connectivity index (χ0n) is 12.8. The van der Waals surface area contributed by atoms with Gasteiger partial charge in [-0.05, 0) is 43.1 Å². The van der Waals surface area contributed by atoms with Gasteiger partial charge < -0.3 is 20.1 Å². The van der Waals surface area contributed by atoms with E-state index in [0.717, 1.165) is 19.3 Å². The van der Waals surface area contributed by atoms with Crippen LogP contribution in [-0.2, 0) is 11.2 Å². The van der Waals surface area contributed by atoms with Crippen LogP contribution < -0.4 is 0 Å². The molecule has 6 atom stereocenters. The number of aliphatic hydroxyl groups excluding tert-OH is 3. The SMILES string of the molecule is OC1CC2C(C[C@@H](O)[C@@H]2CC[C@@H](O)CCc2ccccc2)O1. The molecule has 122 valence electrons. The fourth-order valence-corrected chi connectivity index (χ4v) is 4.04. The molecule has 22 heavy (non-hydrogen) atoms. The van der Waals surface area contributed by atoms with Crippen LogP contribution in [0, 0.1) is 11.8 Å². The van der Waals surface area contributed by atoms with Crippen LogP contribution in [0.25, 0.3) is 0 Å². The van der Waals surface area contributed by atoms with E-state index in [2.05, 4.69) is 12.1 Å².